The summed E-state index contributed by atoms with van der Waals surface area (Å²) in [6.07, 6.45) is 0. The van der Waals surface area contributed by atoms with E-state index < -0.39 is 0 Å². The number of pyridine rings is 1. The third-order valence-electron chi connectivity index (χ3n) is 2.17. The third kappa shape index (κ3) is 2.26. The van der Waals surface area contributed by atoms with Crippen LogP contribution in [0.3, 0.4) is 0 Å². The Morgan fingerprint density at radius 1 is 1.07 bits per heavy atom. The number of benzene rings is 1. The van der Waals surface area contributed by atoms with Gasteiger partial charge in [-0.1, -0.05) is 18.2 Å². The molecule has 0 unspecified atom stereocenters. The molecule has 0 aliphatic rings. The van der Waals surface area contributed by atoms with Crippen LogP contribution in [0.1, 0.15) is 5.69 Å². The zero-order valence-electron chi connectivity index (χ0n) is 8.57. The number of nitrogens with one attached hydrogen (secondary N) is 1. The van der Waals surface area contributed by atoms with E-state index in [2.05, 4.69) is 10.3 Å². The fourth-order valence-electron chi connectivity index (χ4n) is 1.31. The van der Waals surface area contributed by atoms with Crippen molar-refractivity contribution in [3.63, 3.8) is 0 Å². The molecule has 0 atom stereocenters. The third-order valence-corrected chi connectivity index (χ3v) is 2.17. The van der Waals surface area contributed by atoms with Gasteiger partial charge in [-0.3, -0.25) is 0 Å². The summed E-state index contributed by atoms with van der Waals surface area (Å²) < 4.78 is 0. The molecule has 76 valence electrons. The van der Waals surface area contributed by atoms with Crippen LogP contribution in [-0.2, 0) is 0 Å². The van der Waals surface area contributed by atoms with Crippen molar-refractivity contribution in [2.75, 3.05) is 11.1 Å². The Labute approximate surface area is 89.0 Å². The van der Waals surface area contributed by atoms with Crippen LogP contribution in [0.15, 0.2) is 42.5 Å². The van der Waals surface area contributed by atoms with Crippen molar-refractivity contribution in [1.82, 2.24) is 4.98 Å². The highest BCUT2D eigenvalue weighted by atomic mass is 15.0. The molecule has 0 bridgehead atoms. The quantitative estimate of drug-likeness (QED) is 0.781. The number of anilines is 3. The van der Waals surface area contributed by atoms with E-state index in [9.17, 15) is 0 Å². The number of hydrogen-bond acceptors (Lipinski definition) is 3. The molecule has 0 saturated carbocycles. The molecule has 0 amide bonds. The van der Waals surface area contributed by atoms with Gasteiger partial charge in [0, 0.05) is 5.69 Å². The number of nitrogens with zero attached hydrogens (tertiary/aromatic N) is 1. The molecule has 1 heterocycles. The fraction of sp³-hybridized carbons (Fsp3) is 0.0833. The summed E-state index contributed by atoms with van der Waals surface area (Å²) in [5.74, 6) is 0.813. The Balaban J connectivity index is 2.22. The second-order valence-electron chi connectivity index (χ2n) is 3.36. The summed E-state index contributed by atoms with van der Waals surface area (Å²) in [4.78, 5) is 4.33. The van der Waals surface area contributed by atoms with Gasteiger partial charge in [-0.2, -0.15) is 0 Å². The minimum Gasteiger partial charge on any atom is -0.397 e. The van der Waals surface area contributed by atoms with Crippen LogP contribution in [0.2, 0.25) is 0 Å². The lowest BCUT2D eigenvalue weighted by Gasteiger charge is -2.06. The number of hydrogen-bond donors (Lipinski definition) is 2. The molecular formula is C12H13N3. The summed E-state index contributed by atoms with van der Waals surface area (Å²) in [6.45, 7) is 1.89. The topological polar surface area (TPSA) is 50.9 Å². The lowest BCUT2D eigenvalue weighted by molar-refractivity contribution is 1.20. The van der Waals surface area contributed by atoms with E-state index >= 15 is 0 Å². The van der Waals surface area contributed by atoms with Crippen molar-refractivity contribution in [3.8, 4) is 0 Å². The van der Waals surface area contributed by atoms with Gasteiger partial charge in [0.2, 0.25) is 0 Å². The summed E-state index contributed by atoms with van der Waals surface area (Å²) in [7, 11) is 0. The molecule has 2 aromatic rings. The van der Waals surface area contributed by atoms with E-state index in [1.54, 1.807) is 0 Å². The standard InChI is InChI=1S/C12H13N3/c1-9-11(13)7-8-12(14-9)15-10-5-3-2-4-6-10/h2-8H,13H2,1H3,(H,14,15). The second kappa shape index (κ2) is 4.00. The number of nitrogen functional groups attached to an aromatic ring is 1. The van der Waals surface area contributed by atoms with Gasteiger partial charge in [0.05, 0.1) is 11.4 Å². The average molecular weight is 199 g/mol. The Morgan fingerprint density at radius 2 is 1.80 bits per heavy atom. The predicted octanol–water partition coefficient (Wildman–Crippen LogP) is 2.72. The molecule has 0 fully saturated rings. The Morgan fingerprint density at radius 3 is 2.47 bits per heavy atom. The van der Waals surface area contributed by atoms with E-state index in [-0.39, 0.29) is 0 Å². The number of aromatic nitrogens is 1. The molecule has 0 aliphatic heterocycles. The van der Waals surface area contributed by atoms with Crippen molar-refractivity contribution in [2.24, 2.45) is 0 Å². The normalized spacial score (nSPS) is 9.93. The number of para-hydroxylation sites is 1. The molecule has 1 aromatic carbocycles. The summed E-state index contributed by atoms with van der Waals surface area (Å²) in [5.41, 5.74) is 8.27. The van der Waals surface area contributed by atoms with Crippen LogP contribution in [0.4, 0.5) is 17.2 Å². The van der Waals surface area contributed by atoms with Gasteiger partial charge in [0.15, 0.2) is 0 Å². The van der Waals surface area contributed by atoms with E-state index in [4.69, 9.17) is 5.73 Å². The van der Waals surface area contributed by atoms with Gasteiger partial charge in [-0.15, -0.1) is 0 Å². The van der Waals surface area contributed by atoms with Gasteiger partial charge >= 0.3 is 0 Å². The average Bonchev–Trinajstić information content (AvgIpc) is 2.25. The number of aryl methyl sites for hydroxylation is 1. The van der Waals surface area contributed by atoms with Gasteiger partial charge in [0.1, 0.15) is 5.82 Å². The van der Waals surface area contributed by atoms with Gasteiger partial charge in [0.25, 0.3) is 0 Å². The SMILES string of the molecule is Cc1nc(Nc2ccccc2)ccc1N. The van der Waals surface area contributed by atoms with Crippen molar-refractivity contribution in [1.29, 1.82) is 0 Å². The lowest BCUT2D eigenvalue weighted by atomic mass is 10.3. The maximum Gasteiger partial charge on any atom is 0.130 e. The molecule has 2 rings (SSSR count). The van der Waals surface area contributed by atoms with Crippen LogP contribution < -0.4 is 11.1 Å². The molecule has 0 radical (unpaired) electrons. The van der Waals surface area contributed by atoms with Crippen LogP contribution in [0.25, 0.3) is 0 Å². The summed E-state index contributed by atoms with van der Waals surface area (Å²) in [5, 5.41) is 3.21. The highest BCUT2D eigenvalue weighted by molar-refractivity contribution is 5.58. The molecule has 0 spiro atoms. The number of nitrogens with two attached hydrogens (primary N) is 1. The van der Waals surface area contributed by atoms with E-state index in [0.717, 1.165) is 17.2 Å². The van der Waals surface area contributed by atoms with E-state index in [1.807, 2.05) is 49.4 Å². The Bertz CT molecular complexity index is 452. The highest BCUT2D eigenvalue weighted by Crippen LogP contribution is 2.16. The second-order valence-corrected chi connectivity index (χ2v) is 3.36. The van der Waals surface area contributed by atoms with Crippen LogP contribution in [0, 0.1) is 6.92 Å². The Hall–Kier alpha value is -2.03. The van der Waals surface area contributed by atoms with Crippen molar-refractivity contribution < 1.29 is 0 Å². The summed E-state index contributed by atoms with van der Waals surface area (Å²) >= 11 is 0. The van der Waals surface area contributed by atoms with Crippen LogP contribution in [-0.4, -0.2) is 4.98 Å². The summed E-state index contributed by atoms with van der Waals surface area (Å²) in [6, 6.07) is 13.6. The fourth-order valence-corrected chi connectivity index (χ4v) is 1.31. The van der Waals surface area contributed by atoms with Gasteiger partial charge < -0.3 is 11.1 Å². The molecule has 15 heavy (non-hydrogen) atoms. The maximum absolute atomic E-state index is 5.69. The minimum absolute atomic E-state index is 0.716. The zero-order chi connectivity index (χ0) is 10.7. The molecule has 1 aromatic heterocycles. The molecular weight excluding hydrogens is 186 g/mol. The van der Waals surface area contributed by atoms with Crippen molar-refractivity contribution in [3.05, 3.63) is 48.2 Å². The van der Waals surface area contributed by atoms with Gasteiger partial charge in [-0.05, 0) is 31.2 Å². The molecule has 0 saturated heterocycles. The first-order valence-electron chi connectivity index (χ1n) is 4.81. The van der Waals surface area contributed by atoms with Crippen LogP contribution >= 0.6 is 0 Å². The van der Waals surface area contributed by atoms with Crippen molar-refractivity contribution >= 4 is 17.2 Å². The largest absolute Gasteiger partial charge is 0.397 e. The first kappa shape index (κ1) is 9.52. The predicted molar refractivity (Wildman–Crippen MR) is 63.1 cm³/mol. The molecule has 3 N–H and O–H groups in total. The molecule has 3 nitrogen and oxygen atoms in total. The first-order valence-corrected chi connectivity index (χ1v) is 4.81. The first-order chi connectivity index (χ1) is 7.25. The smallest absolute Gasteiger partial charge is 0.130 e. The Kier molecular flexibility index (Phi) is 2.54. The zero-order valence-corrected chi connectivity index (χ0v) is 8.57. The monoisotopic (exact) mass is 199 g/mol. The lowest BCUT2D eigenvalue weighted by Crippen LogP contribution is -1.97. The van der Waals surface area contributed by atoms with Crippen molar-refractivity contribution in [2.45, 2.75) is 6.92 Å². The number of rotatable bonds is 2. The van der Waals surface area contributed by atoms with E-state index in [0.29, 0.717) is 5.69 Å². The van der Waals surface area contributed by atoms with Crippen LogP contribution in [0.5, 0.6) is 0 Å². The molecule has 0 aliphatic carbocycles. The maximum atomic E-state index is 5.69. The highest BCUT2D eigenvalue weighted by Gasteiger charge is 1.98. The van der Waals surface area contributed by atoms with E-state index in [1.165, 1.54) is 0 Å². The molecule has 3 heteroatoms. The van der Waals surface area contributed by atoms with Gasteiger partial charge in [-0.25, -0.2) is 4.98 Å². The minimum atomic E-state index is 0.716.